The zero-order valence-electron chi connectivity index (χ0n) is 15.5. The topological polar surface area (TPSA) is 73.9 Å². The van der Waals surface area contributed by atoms with Crippen molar-refractivity contribution in [1.29, 1.82) is 0 Å². The highest BCUT2D eigenvalue weighted by Crippen LogP contribution is 2.29. The minimum atomic E-state index is -2.94. The quantitative estimate of drug-likeness (QED) is 0.663. The molecule has 0 saturated heterocycles. The molecule has 0 saturated carbocycles. The summed E-state index contributed by atoms with van der Waals surface area (Å²) in [6.45, 7) is -1.28. The van der Waals surface area contributed by atoms with Crippen LogP contribution >= 0.6 is 0 Å². The van der Waals surface area contributed by atoms with Gasteiger partial charge >= 0.3 is 12.6 Å². The van der Waals surface area contributed by atoms with Crippen molar-refractivity contribution in [3.8, 4) is 11.5 Å². The second kappa shape index (κ2) is 10.2. The molecule has 2 aromatic rings. The molecule has 2 aromatic carbocycles. The summed E-state index contributed by atoms with van der Waals surface area (Å²) in [5, 5.41) is 2.63. The number of hydrogen-bond donors (Lipinski definition) is 1. The molecule has 0 aliphatic carbocycles. The largest absolute Gasteiger partial charge is 0.493 e. The number of alkyl halides is 2. The van der Waals surface area contributed by atoms with Crippen LogP contribution in [0.2, 0.25) is 0 Å². The molecule has 0 atom stereocenters. The molecule has 0 aliphatic rings. The van der Waals surface area contributed by atoms with E-state index in [9.17, 15) is 18.4 Å². The molecule has 2 rings (SSSR count). The first-order chi connectivity index (χ1) is 13.4. The molecule has 8 heteroatoms. The Morgan fingerprint density at radius 3 is 2.54 bits per heavy atom. The van der Waals surface area contributed by atoms with E-state index in [-0.39, 0.29) is 18.0 Å². The van der Waals surface area contributed by atoms with Gasteiger partial charge in [0.1, 0.15) is 0 Å². The number of benzene rings is 2. The molecule has 0 unspecified atom stereocenters. The van der Waals surface area contributed by atoms with E-state index >= 15 is 0 Å². The SMILES string of the molecule is COc1cc(CCNC(=O)COC(=O)c2ccccc2C)ccc1OC(F)F. The van der Waals surface area contributed by atoms with Crippen LogP contribution in [0.4, 0.5) is 8.78 Å². The van der Waals surface area contributed by atoms with Crippen LogP contribution in [0, 0.1) is 6.92 Å². The average molecular weight is 393 g/mol. The van der Waals surface area contributed by atoms with Gasteiger partial charge in [0.2, 0.25) is 0 Å². The number of carbonyl (C=O) groups excluding carboxylic acids is 2. The van der Waals surface area contributed by atoms with Crippen molar-refractivity contribution < 1.29 is 32.6 Å². The van der Waals surface area contributed by atoms with Gasteiger partial charge in [-0.15, -0.1) is 0 Å². The number of rotatable bonds is 9. The van der Waals surface area contributed by atoms with Crippen molar-refractivity contribution in [2.24, 2.45) is 0 Å². The Bertz CT molecular complexity index is 826. The van der Waals surface area contributed by atoms with E-state index in [0.29, 0.717) is 12.0 Å². The minimum Gasteiger partial charge on any atom is -0.493 e. The molecular formula is C20H21F2NO5. The molecule has 0 bridgehead atoms. The Morgan fingerprint density at radius 2 is 1.86 bits per heavy atom. The van der Waals surface area contributed by atoms with Gasteiger partial charge < -0.3 is 19.5 Å². The molecule has 28 heavy (non-hydrogen) atoms. The standard InChI is InChI=1S/C20H21F2NO5/c1-13-5-3-4-6-15(13)19(25)27-12-18(24)23-10-9-14-7-8-16(28-20(21)22)17(11-14)26-2/h3-8,11,20H,9-10,12H2,1-2H3,(H,23,24). The van der Waals surface area contributed by atoms with Crippen LogP contribution < -0.4 is 14.8 Å². The fraction of sp³-hybridized carbons (Fsp3) is 0.300. The lowest BCUT2D eigenvalue weighted by Gasteiger charge is -2.12. The summed E-state index contributed by atoms with van der Waals surface area (Å²) in [6, 6.07) is 11.5. The Kier molecular flexibility index (Phi) is 7.74. The summed E-state index contributed by atoms with van der Waals surface area (Å²) in [5.74, 6) is -0.885. The molecule has 0 heterocycles. The van der Waals surface area contributed by atoms with Crippen LogP contribution in [0.5, 0.6) is 11.5 Å². The second-order valence-corrected chi connectivity index (χ2v) is 5.85. The summed E-state index contributed by atoms with van der Waals surface area (Å²) in [6.07, 6.45) is 0.433. The van der Waals surface area contributed by atoms with E-state index < -0.39 is 25.1 Å². The van der Waals surface area contributed by atoms with Gasteiger partial charge in [-0.3, -0.25) is 4.79 Å². The summed E-state index contributed by atoms with van der Waals surface area (Å²) in [4.78, 5) is 23.8. The Morgan fingerprint density at radius 1 is 1.11 bits per heavy atom. The number of methoxy groups -OCH3 is 1. The van der Waals surface area contributed by atoms with Crippen LogP contribution in [0.1, 0.15) is 21.5 Å². The summed E-state index contributed by atoms with van der Waals surface area (Å²) in [7, 11) is 1.35. The molecule has 0 radical (unpaired) electrons. The second-order valence-electron chi connectivity index (χ2n) is 5.85. The number of halogens is 2. The van der Waals surface area contributed by atoms with Crippen molar-refractivity contribution in [3.05, 3.63) is 59.2 Å². The van der Waals surface area contributed by atoms with E-state index in [2.05, 4.69) is 10.1 Å². The zero-order valence-corrected chi connectivity index (χ0v) is 15.5. The molecule has 1 amide bonds. The average Bonchev–Trinajstić information content (AvgIpc) is 2.67. The van der Waals surface area contributed by atoms with Crippen LogP contribution in [-0.2, 0) is 16.0 Å². The molecule has 1 N–H and O–H groups in total. The third kappa shape index (κ3) is 6.22. The summed E-state index contributed by atoms with van der Waals surface area (Å²) in [5.41, 5.74) is 1.94. The van der Waals surface area contributed by atoms with E-state index in [4.69, 9.17) is 9.47 Å². The van der Waals surface area contributed by atoms with Crippen LogP contribution in [0.3, 0.4) is 0 Å². The fourth-order valence-corrected chi connectivity index (χ4v) is 2.47. The van der Waals surface area contributed by atoms with Crippen LogP contribution in [0.25, 0.3) is 0 Å². The van der Waals surface area contributed by atoms with Gasteiger partial charge in [-0.1, -0.05) is 24.3 Å². The molecule has 0 aromatic heterocycles. The lowest BCUT2D eigenvalue weighted by molar-refractivity contribution is -0.124. The smallest absolute Gasteiger partial charge is 0.387 e. The van der Waals surface area contributed by atoms with Gasteiger partial charge in [-0.05, 0) is 42.7 Å². The van der Waals surface area contributed by atoms with E-state index in [1.807, 2.05) is 0 Å². The predicted octanol–water partition coefficient (Wildman–Crippen LogP) is 3.12. The zero-order chi connectivity index (χ0) is 20.5. The number of esters is 1. The monoisotopic (exact) mass is 393 g/mol. The molecular weight excluding hydrogens is 372 g/mol. The van der Waals surface area contributed by atoms with Crippen molar-refractivity contribution in [2.75, 3.05) is 20.3 Å². The van der Waals surface area contributed by atoms with Crippen molar-refractivity contribution in [1.82, 2.24) is 5.32 Å². The van der Waals surface area contributed by atoms with E-state index in [1.165, 1.54) is 13.2 Å². The summed E-state index contributed by atoms with van der Waals surface area (Å²) < 4.78 is 39.0. The number of hydrogen-bond acceptors (Lipinski definition) is 5. The number of carbonyl (C=O) groups is 2. The molecule has 6 nitrogen and oxygen atoms in total. The highest BCUT2D eigenvalue weighted by molar-refractivity contribution is 5.92. The van der Waals surface area contributed by atoms with Gasteiger partial charge in [0, 0.05) is 6.54 Å². The highest BCUT2D eigenvalue weighted by atomic mass is 19.3. The van der Waals surface area contributed by atoms with Crippen LogP contribution in [-0.4, -0.2) is 38.7 Å². The maximum atomic E-state index is 12.3. The normalized spacial score (nSPS) is 10.5. The molecule has 0 aliphatic heterocycles. The van der Waals surface area contributed by atoms with Gasteiger partial charge in [-0.25, -0.2) is 4.79 Å². The third-order valence-electron chi connectivity index (χ3n) is 3.88. The van der Waals surface area contributed by atoms with Crippen molar-refractivity contribution >= 4 is 11.9 Å². The Hall–Kier alpha value is -3.16. The molecule has 0 fully saturated rings. The first-order valence-electron chi connectivity index (χ1n) is 8.52. The van der Waals surface area contributed by atoms with Crippen molar-refractivity contribution in [2.45, 2.75) is 20.0 Å². The number of aryl methyl sites for hydroxylation is 1. The minimum absolute atomic E-state index is 0.0617. The third-order valence-corrected chi connectivity index (χ3v) is 3.88. The van der Waals surface area contributed by atoms with E-state index in [1.54, 1.807) is 43.3 Å². The lowest BCUT2D eigenvalue weighted by Crippen LogP contribution is -2.30. The highest BCUT2D eigenvalue weighted by Gasteiger charge is 2.13. The maximum absolute atomic E-state index is 12.3. The van der Waals surface area contributed by atoms with E-state index in [0.717, 1.165) is 11.1 Å². The Balaban J connectivity index is 1.79. The van der Waals surface area contributed by atoms with Gasteiger partial charge in [-0.2, -0.15) is 8.78 Å². The van der Waals surface area contributed by atoms with Crippen molar-refractivity contribution in [3.63, 3.8) is 0 Å². The number of ether oxygens (including phenoxy) is 3. The molecule has 0 spiro atoms. The number of amides is 1. The Labute approximate surface area is 161 Å². The predicted molar refractivity (Wildman–Crippen MR) is 97.8 cm³/mol. The lowest BCUT2D eigenvalue weighted by atomic mass is 10.1. The van der Waals surface area contributed by atoms with Gasteiger partial charge in [0.05, 0.1) is 12.7 Å². The van der Waals surface area contributed by atoms with Gasteiger partial charge in [0.15, 0.2) is 18.1 Å². The molecule has 150 valence electrons. The summed E-state index contributed by atoms with van der Waals surface area (Å²) >= 11 is 0. The maximum Gasteiger partial charge on any atom is 0.387 e. The first kappa shape index (κ1) is 21.1. The number of nitrogens with one attached hydrogen (secondary N) is 1. The first-order valence-corrected chi connectivity index (χ1v) is 8.52. The fourth-order valence-electron chi connectivity index (χ4n) is 2.47. The van der Waals surface area contributed by atoms with Crippen LogP contribution in [0.15, 0.2) is 42.5 Å². The van der Waals surface area contributed by atoms with Gasteiger partial charge in [0.25, 0.3) is 5.91 Å².